The van der Waals surface area contributed by atoms with Gasteiger partial charge in [0.25, 0.3) is 0 Å². The van der Waals surface area contributed by atoms with Gasteiger partial charge in [0.1, 0.15) is 5.84 Å². The molecule has 1 aliphatic rings. The molecule has 0 aliphatic carbocycles. The average molecular weight is 357 g/mol. The molecular weight excluding hydrogens is 338 g/mol. The number of hydrogen-bond donors (Lipinski definition) is 0. The van der Waals surface area contributed by atoms with E-state index in [0.717, 1.165) is 14.2 Å². The molecule has 2 amide bonds. The van der Waals surface area contributed by atoms with E-state index >= 15 is 0 Å². The summed E-state index contributed by atoms with van der Waals surface area (Å²) in [5.74, 6) is -2.21. The molecule has 0 aromatic rings. The Labute approximate surface area is 143 Å². The maximum Gasteiger partial charge on any atom is 0.435 e. The Kier molecular flexibility index (Phi) is 6.91. The number of amides is 2. The molecule has 0 atom stereocenters. The first-order valence-corrected chi connectivity index (χ1v) is 7.23. The van der Waals surface area contributed by atoms with Gasteiger partial charge >= 0.3 is 24.1 Å². The van der Waals surface area contributed by atoms with Crippen LogP contribution in [0.25, 0.3) is 0 Å². The van der Waals surface area contributed by atoms with Crippen LogP contribution in [0.3, 0.4) is 0 Å². The molecule has 0 aromatic heterocycles. The first-order valence-electron chi connectivity index (χ1n) is 7.23. The summed E-state index contributed by atoms with van der Waals surface area (Å²) in [5, 5.41) is 1.20. The van der Waals surface area contributed by atoms with Gasteiger partial charge in [-0.1, -0.05) is 0 Å². The Bertz CT molecular complexity index is 640. The lowest BCUT2D eigenvalue weighted by Crippen LogP contribution is -2.55. The summed E-state index contributed by atoms with van der Waals surface area (Å²) in [5.41, 5.74) is -1.15. The number of aliphatic imine (C=N–C) groups is 1. The third kappa shape index (κ3) is 4.05. The lowest BCUT2D eigenvalue weighted by Gasteiger charge is -2.35. The molecule has 0 aromatic carbocycles. The van der Waals surface area contributed by atoms with Crippen molar-refractivity contribution in [1.29, 1.82) is 0 Å². The Hall–Kier alpha value is -3.11. The zero-order valence-electron chi connectivity index (χ0n) is 14.5. The van der Waals surface area contributed by atoms with E-state index in [0.29, 0.717) is 10.0 Å². The van der Waals surface area contributed by atoms with E-state index in [2.05, 4.69) is 14.5 Å². The van der Waals surface area contributed by atoms with Crippen molar-refractivity contribution in [2.24, 2.45) is 4.99 Å². The fourth-order valence-electron chi connectivity index (χ4n) is 1.88. The van der Waals surface area contributed by atoms with Crippen molar-refractivity contribution >= 4 is 30.0 Å². The molecule has 1 heterocycles. The SMILES string of the molecule is CCOC(=O)N1C(C)=NC(C(=O)OC)=C(C(=O)OC)N1C(=O)OCC. The van der Waals surface area contributed by atoms with Gasteiger partial charge in [-0.2, -0.15) is 10.0 Å². The van der Waals surface area contributed by atoms with Crippen molar-refractivity contribution in [2.45, 2.75) is 20.8 Å². The second kappa shape index (κ2) is 8.66. The predicted molar refractivity (Wildman–Crippen MR) is 81.9 cm³/mol. The number of hydrogen-bond acceptors (Lipinski definition) is 9. The van der Waals surface area contributed by atoms with Gasteiger partial charge in [0.15, 0.2) is 11.4 Å². The standard InChI is InChI=1S/C14H19N3O8/c1-6-24-13(20)16-8(3)15-9(11(18)22-4)10(12(19)23-5)17(16)14(21)25-7-2/h6-7H2,1-5H3. The second-order valence-corrected chi connectivity index (χ2v) is 4.36. The van der Waals surface area contributed by atoms with Crippen molar-refractivity contribution in [3.8, 4) is 0 Å². The minimum absolute atomic E-state index is 0.000406. The summed E-state index contributed by atoms with van der Waals surface area (Å²) >= 11 is 0. The van der Waals surface area contributed by atoms with Gasteiger partial charge in [0.05, 0.1) is 27.4 Å². The lowest BCUT2D eigenvalue weighted by molar-refractivity contribution is -0.142. The molecule has 0 saturated heterocycles. The molecule has 0 radical (unpaired) electrons. The lowest BCUT2D eigenvalue weighted by atomic mass is 10.2. The van der Waals surface area contributed by atoms with Crippen LogP contribution in [0.5, 0.6) is 0 Å². The number of carbonyl (C=O) groups is 4. The van der Waals surface area contributed by atoms with Crippen LogP contribution in [0.4, 0.5) is 9.59 Å². The zero-order valence-corrected chi connectivity index (χ0v) is 14.5. The fourth-order valence-corrected chi connectivity index (χ4v) is 1.88. The van der Waals surface area contributed by atoms with Crippen LogP contribution in [0.1, 0.15) is 20.8 Å². The Morgan fingerprint density at radius 2 is 1.36 bits per heavy atom. The van der Waals surface area contributed by atoms with Crippen molar-refractivity contribution < 1.29 is 38.1 Å². The summed E-state index contributed by atoms with van der Waals surface area (Å²) < 4.78 is 18.9. The van der Waals surface area contributed by atoms with Crippen LogP contribution in [-0.4, -0.2) is 67.4 Å². The molecule has 0 N–H and O–H groups in total. The smallest absolute Gasteiger partial charge is 0.435 e. The number of rotatable bonds is 4. The Balaban J connectivity index is 3.62. The first-order chi connectivity index (χ1) is 11.8. The van der Waals surface area contributed by atoms with E-state index < -0.39 is 35.5 Å². The van der Waals surface area contributed by atoms with Gasteiger partial charge in [-0.15, -0.1) is 0 Å². The minimum atomic E-state index is -1.10. The molecule has 11 nitrogen and oxygen atoms in total. The van der Waals surface area contributed by atoms with Crippen molar-refractivity contribution in [3.05, 3.63) is 11.4 Å². The number of hydrazine groups is 1. The van der Waals surface area contributed by atoms with Crippen LogP contribution >= 0.6 is 0 Å². The highest BCUT2D eigenvalue weighted by Gasteiger charge is 2.43. The third-order valence-electron chi connectivity index (χ3n) is 2.86. The van der Waals surface area contributed by atoms with E-state index in [9.17, 15) is 19.2 Å². The number of esters is 2. The Morgan fingerprint density at radius 3 is 1.80 bits per heavy atom. The number of amidine groups is 1. The van der Waals surface area contributed by atoms with Crippen molar-refractivity contribution in [2.75, 3.05) is 27.4 Å². The maximum absolute atomic E-state index is 12.4. The predicted octanol–water partition coefficient (Wildman–Crippen LogP) is 0.808. The molecule has 0 bridgehead atoms. The van der Waals surface area contributed by atoms with Crippen LogP contribution in [0.15, 0.2) is 16.4 Å². The largest absolute Gasteiger partial charge is 0.464 e. The van der Waals surface area contributed by atoms with E-state index in [1.807, 2.05) is 0 Å². The number of methoxy groups -OCH3 is 2. The molecule has 1 aliphatic heterocycles. The van der Waals surface area contributed by atoms with E-state index in [4.69, 9.17) is 9.47 Å². The quantitative estimate of drug-likeness (QED) is 0.535. The zero-order chi connectivity index (χ0) is 19.1. The molecule has 1 rings (SSSR count). The van der Waals surface area contributed by atoms with Gasteiger partial charge in [-0.3, -0.25) is 0 Å². The van der Waals surface area contributed by atoms with E-state index in [1.165, 1.54) is 13.8 Å². The van der Waals surface area contributed by atoms with E-state index in [-0.39, 0.29) is 19.0 Å². The van der Waals surface area contributed by atoms with Crippen LogP contribution < -0.4 is 0 Å². The molecule has 0 fully saturated rings. The number of ether oxygens (including phenoxy) is 4. The van der Waals surface area contributed by atoms with Gasteiger partial charge in [0.2, 0.25) is 0 Å². The molecule has 138 valence electrons. The molecule has 0 unspecified atom stereocenters. The molecular formula is C14H19N3O8. The summed E-state index contributed by atoms with van der Waals surface area (Å²) in [7, 11) is 2.11. The van der Waals surface area contributed by atoms with Gasteiger partial charge < -0.3 is 18.9 Å². The van der Waals surface area contributed by atoms with Gasteiger partial charge in [0, 0.05) is 0 Å². The molecule has 25 heavy (non-hydrogen) atoms. The topological polar surface area (TPSA) is 124 Å². The second-order valence-electron chi connectivity index (χ2n) is 4.36. The fraction of sp³-hybridized carbons (Fsp3) is 0.500. The highest BCUT2D eigenvalue weighted by Crippen LogP contribution is 2.25. The summed E-state index contributed by atoms with van der Waals surface area (Å²) in [6, 6.07) is 0. The number of nitrogens with zero attached hydrogens (tertiary/aromatic N) is 3. The first kappa shape index (κ1) is 19.9. The third-order valence-corrected chi connectivity index (χ3v) is 2.86. The molecule has 0 saturated carbocycles. The monoisotopic (exact) mass is 357 g/mol. The highest BCUT2D eigenvalue weighted by atomic mass is 16.6. The minimum Gasteiger partial charge on any atom is -0.464 e. The molecule has 0 spiro atoms. The van der Waals surface area contributed by atoms with Crippen LogP contribution in [-0.2, 0) is 28.5 Å². The van der Waals surface area contributed by atoms with Gasteiger partial charge in [-0.25, -0.2) is 24.2 Å². The average Bonchev–Trinajstić information content (AvgIpc) is 2.59. The molecule has 11 heteroatoms. The highest BCUT2D eigenvalue weighted by molar-refractivity contribution is 6.08. The summed E-state index contributed by atoms with van der Waals surface area (Å²) in [6.07, 6.45) is -2.10. The summed E-state index contributed by atoms with van der Waals surface area (Å²) in [4.78, 5) is 52.6. The van der Waals surface area contributed by atoms with E-state index in [1.54, 1.807) is 6.92 Å². The van der Waals surface area contributed by atoms with Crippen molar-refractivity contribution in [1.82, 2.24) is 10.0 Å². The van der Waals surface area contributed by atoms with Crippen LogP contribution in [0.2, 0.25) is 0 Å². The Morgan fingerprint density at radius 1 is 0.880 bits per heavy atom. The van der Waals surface area contributed by atoms with Gasteiger partial charge in [-0.05, 0) is 20.8 Å². The van der Waals surface area contributed by atoms with Crippen molar-refractivity contribution in [3.63, 3.8) is 0 Å². The van der Waals surface area contributed by atoms with Crippen LogP contribution in [0, 0.1) is 0 Å². The maximum atomic E-state index is 12.4. The number of carbonyl (C=O) groups excluding carboxylic acids is 4. The normalized spacial score (nSPS) is 13.9. The summed E-state index contributed by atoms with van der Waals surface area (Å²) in [6.45, 7) is 4.37.